The van der Waals surface area contributed by atoms with Crippen LogP contribution in [0.15, 0.2) is 47.6 Å². The van der Waals surface area contributed by atoms with Gasteiger partial charge in [-0.25, -0.2) is 18.6 Å². The van der Waals surface area contributed by atoms with Crippen molar-refractivity contribution >= 4 is 12.1 Å². The molecule has 3 rings (SSSR count). The Morgan fingerprint density at radius 2 is 1.58 bits per heavy atom. The second-order valence-corrected chi connectivity index (χ2v) is 6.52. The third-order valence-corrected chi connectivity index (χ3v) is 4.35. The minimum absolute atomic E-state index is 0.0528. The molecule has 6 nitrogen and oxygen atoms in total. The number of phenolic OH excluding ortho intramolecular Hbond substituents is 1. The number of benzene rings is 3. The number of carbonyl (C=O) groups excluding carboxylic acids is 1. The first-order chi connectivity index (χ1) is 15.7. The minimum atomic E-state index is -2.28. The predicted octanol–water partition coefficient (Wildman–Crippen LogP) is 4.44. The molecule has 0 spiro atoms. The highest BCUT2D eigenvalue weighted by Crippen LogP contribution is 2.29. The topological polar surface area (TPSA) is 80.2 Å². The molecular weight excluding hydrogens is 451 g/mol. The maximum absolute atomic E-state index is 13.6. The van der Waals surface area contributed by atoms with Crippen LogP contribution in [0.1, 0.15) is 21.5 Å². The van der Waals surface area contributed by atoms with Gasteiger partial charge in [0.1, 0.15) is 6.61 Å². The summed E-state index contributed by atoms with van der Waals surface area (Å²) >= 11 is 0. The van der Waals surface area contributed by atoms with Gasteiger partial charge in [-0.15, -0.1) is 0 Å². The standard InChI is InChI=1S/C22H15F5N2O4/c1-32-15-8-12(4-7-14(15)30)9-28-29-22(31)13-5-2-11(3-6-13)10-33-21-19(26)17(24)16(23)18(25)20(21)27/h2-9,30H,10H2,1H3,(H,29,31)/b28-9-. The molecule has 0 bridgehead atoms. The summed E-state index contributed by atoms with van der Waals surface area (Å²) in [5.41, 5.74) is 3.31. The zero-order valence-electron chi connectivity index (χ0n) is 16.8. The van der Waals surface area contributed by atoms with Gasteiger partial charge >= 0.3 is 0 Å². The Morgan fingerprint density at radius 3 is 2.18 bits per heavy atom. The zero-order chi connectivity index (χ0) is 24.1. The van der Waals surface area contributed by atoms with E-state index >= 15 is 0 Å². The maximum Gasteiger partial charge on any atom is 0.271 e. The van der Waals surface area contributed by atoms with Crippen molar-refractivity contribution in [1.29, 1.82) is 0 Å². The number of halogens is 5. The molecule has 0 aliphatic rings. The van der Waals surface area contributed by atoms with E-state index in [0.717, 1.165) is 0 Å². The molecule has 172 valence electrons. The summed E-state index contributed by atoms with van der Waals surface area (Å²) in [6.07, 6.45) is 1.33. The lowest BCUT2D eigenvalue weighted by molar-refractivity contribution is 0.0955. The van der Waals surface area contributed by atoms with Crippen molar-refractivity contribution < 1.29 is 41.3 Å². The van der Waals surface area contributed by atoms with Crippen LogP contribution in [0, 0.1) is 29.1 Å². The van der Waals surface area contributed by atoms with Crippen LogP contribution in [0.5, 0.6) is 17.2 Å². The highest BCUT2D eigenvalue weighted by atomic mass is 19.2. The molecule has 0 radical (unpaired) electrons. The summed E-state index contributed by atoms with van der Waals surface area (Å²) in [6.45, 7) is -0.513. The van der Waals surface area contributed by atoms with Gasteiger partial charge in [0.05, 0.1) is 13.3 Å². The fourth-order valence-electron chi connectivity index (χ4n) is 2.62. The van der Waals surface area contributed by atoms with Gasteiger partial charge in [-0.3, -0.25) is 4.79 Å². The molecule has 0 unspecified atom stereocenters. The van der Waals surface area contributed by atoms with Crippen LogP contribution in [0.2, 0.25) is 0 Å². The largest absolute Gasteiger partial charge is 0.504 e. The fourth-order valence-corrected chi connectivity index (χ4v) is 2.62. The molecule has 0 saturated heterocycles. The summed E-state index contributed by atoms with van der Waals surface area (Å²) in [5.74, 6) is -12.4. The Hall–Kier alpha value is -4.15. The molecule has 0 aliphatic carbocycles. The van der Waals surface area contributed by atoms with Crippen LogP contribution in [0.3, 0.4) is 0 Å². The Labute approximate surface area is 183 Å². The van der Waals surface area contributed by atoms with E-state index < -0.39 is 47.3 Å². The van der Waals surface area contributed by atoms with E-state index in [-0.39, 0.29) is 17.1 Å². The average Bonchev–Trinajstić information content (AvgIpc) is 2.82. The summed E-state index contributed by atoms with van der Waals surface area (Å²) in [7, 11) is 1.38. The normalized spacial score (nSPS) is 11.0. The second kappa shape index (κ2) is 9.98. The number of nitrogens with zero attached hydrogens (tertiary/aromatic N) is 1. The van der Waals surface area contributed by atoms with E-state index in [1.165, 1.54) is 49.7 Å². The van der Waals surface area contributed by atoms with Crippen molar-refractivity contribution in [1.82, 2.24) is 5.43 Å². The number of amides is 1. The van der Waals surface area contributed by atoms with E-state index in [9.17, 15) is 31.9 Å². The predicted molar refractivity (Wildman–Crippen MR) is 107 cm³/mol. The third-order valence-electron chi connectivity index (χ3n) is 4.35. The molecule has 33 heavy (non-hydrogen) atoms. The van der Waals surface area contributed by atoms with E-state index in [1.54, 1.807) is 6.07 Å². The van der Waals surface area contributed by atoms with Crippen LogP contribution >= 0.6 is 0 Å². The lowest BCUT2D eigenvalue weighted by Crippen LogP contribution is -2.17. The molecule has 0 saturated carbocycles. The first-order valence-corrected chi connectivity index (χ1v) is 9.16. The molecule has 0 atom stereocenters. The van der Waals surface area contributed by atoms with Crippen molar-refractivity contribution in [3.05, 3.63) is 88.2 Å². The number of aromatic hydroxyl groups is 1. The van der Waals surface area contributed by atoms with Gasteiger partial charge in [0, 0.05) is 5.56 Å². The van der Waals surface area contributed by atoms with Gasteiger partial charge in [0.25, 0.3) is 5.91 Å². The monoisotopic (exact) mass is 466 g/mol. The number of hydrazone groups is 1. The minimum Gasteiger partial charge on any atom is -0.504 e. The molecule has 3 aromatic carbocycles. The maximum atomic E-state index is 13.6. The smallest absolute Gasteiger partial charge is 0.271 e. The molecule has 2 N–H and O–H groups in total. The first-order valence-electron chi connectivity index (χ1n) is 9.16. The van der Waals surface area contributed by atoms with Crippen LogP contribution in [0.25, 0.3) is 0 Å². The van der Waals surface area contributed by atoms with Crippen molar-refractivity contribution in [2.45, 2.75) is 6.61 Å². The van der Waals surface area contributed by atoms with Gasteiger partial charge < -0.3 is 14.6 Å². The number of rotatable bonds is 7. The van der Waals surface area contributed by atoms with Gasteiger partial charge in [0.2, 0.25) is 29.1 Å². The number of hydrogen-bond acceptors (Lipinski definition) is 5. The fraction of sp³-hybridized carbons (Fsp3) is 0.0909. The summed E-state index contributed by atoms with van der Waals surface area (Å²) in [4.78, 5) is 12.2. The van der Waals surface area contributed by atoms with Crippen molar-refractivity contribution in [2.75, 3.05) is 7.11 Å². The van der Waals surface area contributed by atoms with Crippen LogP contribution in [0.4, 0.5) is 22.0 Å². The Morgan fingerprint density at radius 1 is 0.970 bits per heavy atom. The Bertz CT molecular complexity index is 1190. The molecule has 0 fully saturated rings. The molecular formula is C22H15F5N2O4. The number of methoxy groups -OCH3 is 1. The molecule has 1 amide bonds. The Kier molecular flexibility index (Phi) is 7.11. The number of phenols is 1. The number of hydrogen-bond donors (Lipinski definition) is 2. The summed E-state index contributed by atoms with van der Waals surface area (Å²) in [5, 5.41) is 13.3. The first kappa shape index (κ1) is 23.5. The number of ether oxygens (including phenoxy) is 2. The quantitative estimate of drug-likeness (QED) is 0.177. The number of carbonyl (C=O) groups is 1. The molecule has 0 aliphatic heterocycles. The molecule has 3 aromatic rings. The third kappa shape index (κ3) is 5.20. The lowest BCUT2D eigenvalue weighted by Gasteiger charge is -2.10. The van der Waals surface area contributed by atoms with Crippen LogP contribution < -0.4 is 14.9 Å². The summed E-state index contributed by atoms with van der Waals surface area (Å²) in [6, 6.07) is 9.90. The van der Waals surface area contributed by atoms with Crippen molar-refractivity contribution in [3.8, 4) is 17.2 Å². The van der Waals surface area contributed by atoms with E-state index in [4.69, 9.17) is 9.47 Å². The second-order valence-electron chi connectivity index (χ2n) is 6.52. The molecule has 0 heterocycles. The van der Waals surface area contributed by atoms with Gasteiger partial charge in [-0.1, -0.05) is 12.1 Å². The lowest BCUT2D eigenvalue weighted by atomic mass is 10.1. The Balaban J connectivity index is 1.62. The van der Waals surface area contributed by atoms with Crippen molar-refractivity contribution in [2.24, 2.45) is 5.10 Å². The van der Waals surface area contributed by atoms with Gasteiger partial charge in [0.15, 0.2) is 17.2 Å². The zero-order valence-corrected chi connectivity index (χ0v) is 16.8. The number of nitrogens with one attached hydrogen (secondary N) is 1. The van der Waals surface area contributed by atoms with Crippen molar-refractivity contribution in [3.63, 3.8) is 0 Å². The van der Waals surface area contributed by atoms with Crippen LogP contribution in [-0.4, -0.2) is 24.3 Å². The highest BCUT2D eigenvalue weighted by molar-refractivity contribution is 5.94. The highest BCUT2D eigenvalue weighted by Gasteiger charge is 2.27. The molecule has 0 aromatic heterocycles. The van der Waals surface area contributed by atoms with E-state index in [2.05, 4.69) is 10.5 Å². The summed E-state index contributed by atoms with van der Waals surface area (Å²) < 4.78 is 76.5. The van der Waals surface area contributed by atoms with Gasteiger partial charge in [-0.2, -0.15) is 13.9 Å². The van der Waals surface area contributed by atoms with E-state index in [1.807, 2.05) is 0 Å². The molecule has 11 heteroatoms. The SMILES string of the molecule is COc1cc(/C=N\NC(=O)c2ccc(COc3c(F)c(F)c(F)c(F)c3F)cc2)ccc1O. The van der Waals surface area contributed by atoms with E-state index in [0.29, 0.717) is 11.1 Å². The van der Waals surface area contributed by atoms with Crippen LogP contribution in [-0.2, 0) is 6.61 Å². The average molecular weight is 466 g/mol. The van der Waals surface area contributed by atoms with Gasteiger partial charge in [-0.05, 0) is 41.5 Å².